The number of nitrogens with zero attached hydrogens (tertiary/aromatic N) is 4. The average Bonchev–Trinajstić information content (AvgIpc) is 3.29. The van der Waals surface area contributed by atoms with Gasteiger partial charge in [0, 0.05) is 25.4 Å². The Labute approximate surface area is 169 Å². The molecule has 1 saturated heterocycles. The molecule has 7 nitrogen and oxygen atoms in total. The van der Waals surface area contributed by atoms with Gasteiger partial charge in [-0.25, -0.2) is 4.79 Å². The van der Waals surface area contributed by atoms with Crippen LogP contribution < -0.4 is 4.74 Å². The molecule has 2 heterocycles. The van der Waals surface area contributed by atoms with Crippen molar-refractivity contribution in [1.29, 1.82) is 0 Å². The number of hydrogen-bond donors (Lipinski definition) is 0. The zero-order chi connectivity index (χ0) is 20.4. The predicted molar refractivity (Wildman–Crippen MR) is 108 cm³/mol. The number of rotatable bonds is 6. The number of benzene rings is 2. The van der Waals surface area contributed by atoms with E-state index in [-0.39, 0.29) is 11.9 Å². The molecule has 3 aromatic rings. The summed E-state index contributed by atoms with van der Waals surface area (Å²) < 4.78 is 7.67. The Bertz CT molecular complexity index is 1010. The molecule has 0 aliphatic carbocycles. The van der Waals surface area contributed by atoms with Gasteiger partial charge in [-0.2, -0.15) is 5.10 Å². The highest BCUT2D eigenvalue weighted by atomic mass is 16.5. The number of hydrogen-bond acceptors (Lipinski definition) is 4. The van der Waals surface area contributed by atoms with E-state index < -0.39 is 6.23 Å². The fourth-order valence-corrected chi connectivity index (χ4v) is 3.30. The van der Waals surface area contributed by atoms with Gasteiger partial charge in [0.25, 0.3) is 12.1 Å². The largest absolute Gasteiger partial charge is 0.461 e. The van der Waals surface area contributed by atoms with Crippen molar-refractivity contribution >= 4 is 11.9 Å². The summed E-state index contributed by atoms with van der Waals surface area (Å²) in [4.78, 5) is 26.8. The van der Waals surface area contributed by atoms with Crippen LogP contribution in [0.5, 0.6) is 5.75 Å². The van der Waals surface area contributed by atoms with Crippen molar-refractivity contribution in [2.24, 2.45) is 0 Å². The Hall–Kier alpha value is -3.61. The number of likely N-dealkylation sites (N-methyl/N-ethyl adjacent to an activating group) is 2. The van der Waals surface area contributed by atoms with Crippen molar-refractivity contribution < 1.29 is 14.3 Å². The summed E-state index contributed by atoms with van der Waals surface area (Å²) in [7, 11) is 1.47. The normalized spacial score (nSPS) is 16.6. The minimum absolute atomic E-state index is 0.341. The Morgan fingerprint density at radius 1 is 1.00 bits per heavy atom. The van der Waals surface area contributed by atoms with Crippen LogP contribution in [0.3, 0.4) is 0 Å². The van der Waals surface area contributed by atoms with Gasteiger partial charge in [-0.3, -0.25) is 19.3 Å². The first-order valence-electron chi connectivity index (χ1n) is 9.49. The molecular weight excluding hydrogens is 368 g/mol. The zero-order valence-electron chi connectivity index (χ0n) is 16.4. The lowest BCUT2D eigenvalue weighted by Crippen LogP contribution is -2.39. The van der Waals surface area contributed by atoms with Crippen molar-refractivity contribution in [1.82, 2.24) is 19.6 Å². The van der Waals surface area contributed by atoms with Gasteiger partial charge in [0.15, 0.2) is 0 Å². The predicted octanol–water partition coefficient (Wildman–Crippen LogP) is 3.22. The molecule has 148 valence electrons. The van der Waals surface area contributed by atoms with Gasteiger partial charge < -0.3 is 4.74 Å². The first-order chi connectivity index (χ1) is 14.1. The van der Waals surface area contributed by atoms with E-state index in [1.807, 2.05) is 66.3 Å². The first kappa shape index (κ1) is 18.7. The molecule has 4 rings (SSSR count). The standard InChI is InChI=1S/C22H22N4O3/c1-3-26-21(20(27)24(2)22(26)28)29-18-11-9-16(10-12-18)15-25-14-13-19(23-25)17-7-5-4-6-8-17/h4-14,21H,3,15H2,1-2H3. The van der Waals surface area contributed by atoms with Gasteiger partial charge in [-0.05, 0) is 30.7 Å². The van der Waals surface area contributed by atoms with E-state index >= 15 is 0 Å². The van der Waals surface area contributed by atoms with Gasteiger partial charge in [0.05, 0.1) is 12.2 Å². The number of amides is 3. The van der Waals surface area contributed by atoms with Crippen LogP contribution in [0.25, 0.3) is 11.3 Å². The molecule has 2 aromatic carbocycles. The molecule has 29 heavy (non-hydrogen) atoms. The van der Waals surface area contributed by atoms with Crippen LogP contribution in [0.4, 0.5) is 4.79 Å². The molecule has 0 N–H and O–H groups in total. The summed E-state index contributed by atoms with van der Waals surface area (Å²) in [6, 6.07) is 19.2. The topological polar surface area (TPSA) is 67.7 Å². The van der Waals surface area contributed by atoms with Gasteiger partial charge >= 0.3 is 6.03 Å². The molecule has 1 aliphatic heterocycles. The molecule has 0 bridgehead atoms. The Kier molecular flexibility index (Phi) is 5.03. The quantitative estimate of drug-likeness (QED) is 0.606. The molecule has 1 aromatic heterocycles. The molecule has 1 atom stereocenters. The minimum Gasteiger partial charge on any atom is -0.461 e. The van der Waals surface area contributed by atoms with E-state index in [0.717, 1.165) is 21.7 Å². The molecule has 0 spiro atoms. The maximum Gasteiger partial charge on any atom is 0.329 e. The Morgan fingerprint density at radius 2 is 1.72 bits per heavy atom. The highest BCUT2D eigenvalue weighted by Crippen LogP contribution is 2.22. The Balaban J connectivity index is 1.43. The second-order valence-corrected chi connectivity index (χ2v) is 6.84. The number of urea groups is 1. The molecular formula is C22H22N4O3. The molecule has 1 aliphatic rings. The van der Waals surface area contributed by atoms with Crippen LogP contribution in [0, 0.1) is 0 Å². The third-order valence-electron chi connectivity index (χ3n) is 4.92. The van der Waals surface area contributed by atoms with Gasteiger partial charge in [-0.1, -0.05) is 42.5 Å². The summed E-state index contributed by atoms with van der Waals surface area (Å²) >= 11 is 0. The number of imide groups is 1. The molecule has 1 unspecified atom stereocenters. The van der Waals surface area contributed by atoms with Crippen molar-refractivity contribution in [3.8, 4) is 17.0 Å². The second-order valence-electron chi connectivity index (χ2n) is 6.84. The van der Waals surface area contributed by atoms with E-state index in [1.165, 1.54) is 11.9 Å². The average molecular weight is 390 g/mol. The lowest BCUT2D eigenvalue weighted by molar-refractivity contribution is -0.134. The third-order valence-corrected chi connectivity index (χ3v) is 4.92. The van der Waals surface area contributed by atoms with Crippen LogP contribution >= 0.6 is 0 Å². The van der Waals surface area contributed by atoms with Crippen LogP contribution in [0.15, 0.2) is 66.9 Å². The molecule has 0 radical (unpaired) electrons. The van der Waals surface area contributed by atoms with Gasteiger partial charge in [0.1, 0.15) is 5.75 Å². The van der Waals surface area contributed by atoms with E-state index in [4.69, 9.17) is 4.74 Å². The number of carbonyl (C=O) groups is 2. The van der Waals surface area contributed by atoms with Crippen LogP contribution in [-0.2, 0) is 11.3 Å². The minimum atomic E-state index is -0.914. The van der Waals surface area contributed by atoms with Crippen LogP contribution in [0.1, 0.15) is 12.5 Å². The van der Waals surface area contributed by atoms with Crippen molar-refractivity contribution in [2.75, 3.05) is 13.6 Å². The molecule has 3 amide bonds. The SMILES string of the molecule is CCN1C(=O)N(C)C(=O)C1Oc1ccc(Cn2ccc(-c3ccccc3)n2)cc1. The molecule has 7 heteroatoms. The third kappa shape index (κ3) is 3.71. The van der Waals surface area contributed by atoms with Crippen LogP contribution in [0.2, 0.25) is 0 Å². The van der Waals surface area contributed by atoms with Gasteiger partial charge in [-0.15, -0.1) is 0 Å². The summed E-state index contributed by atoms with van der Waals surface area (Å²) in [6.07, 6.45) is 1.03. The van der Waals surface area contributed by atoms with Crippen molar-refractivity contribution in [3.05, 3.63) is 72.4 Å². The second kappa shape index (κ2) is 7.79. The summed E-state index contributed by atoms with van der Waals surface area (Å²) in [5.74, 6) is 0.185. The van der Waals surface area contributed by atoms with E-state index in [9.17, 15) is 9.59 Å². The first-order valence-corrected chi connectivity index (χ1v) is 9.49. The molecule has 0 saturated carbocycles. The van der Waals surface area contributed by atoms with Gasteiger partial charge in [0.2, 0.25) is 0 Å². The van der Waals surface area contributed by atoms with Crippen molar-refractivity contribution in [3.63, 3.8) is 0 Å². The zero-order valence-corrected chi connectivity index (χ0v) is 16.4. The monoisotopic (exact) mass is 390 g/mol. The molecule has 1 fully saturated rings. The Morgan fingerprint density at radius 3 is 2.41 bits per heavy atom. The summed E-state index contributed by atoms with van der Waals surface area (Å²) in [5, 5.41) is 4.62. The lowest BCUT2D eigenvalue weighted by Gasteiger charge is -2.20. The summed E-state index contributed by atoms with van der Waals surface area (Å²) in [6.45, 7) is 2.84. The number of carbonyl (C=O) groups excluding carboxylic acids is 2. The van der Waals surface area contributed by atoms with E-state index in [2.05, 4.69) is 5.10 Å². The maximum absolute atomic E-state index is 12.2. The number of aromatic nitrogens is 2. The lowest BCUT2D eigenvalue weighted by atomic mass is 10.2. The van der Waals surface area contributed by atoms with E-state index in [1.54, 1.807) is 12.1 Å². The van der Waals surface area contributed by atoms with Crippen LogP contribution in [-0.4, -0.2) is 51.3 Å². The summed E-state index contributed by atoms with van der Waals surface area (Å²) in [5.41, 5.74) is 3.06. The highest BCUT2D eigenvalue weighted by Gasteiger charge is 2.44. The smallest absolute Gasteiger partial charge is 0.329 e. The number of ether oxygens (including phenoxy) is 1. The van der Waals surface area contributed by atoms with Crippen molar-refractivity contribution in [2.45, 2.75) is 19.7 Å². The fourth-order valence-electron chi connectivity index (χ4n) is 3.30. The highest BCUT2D eigenvalue weighted by molar-refractivity contribution is 6.03. The maximum atomic E-state index is 12.2. The van der Waals surface area contributed by atoms with E-state index in [0.29, 0.717) is 18.8 Å². The fraction of sp³-hybridized carbons (Fsp3) is 0.227.